The maximum Gasteiger partial charge on any atom is 0.109 e. The largest absolute Gasteiger partial charge is 0.383 e. The second-order valence-electron chi connectivity index (χ2n) is 8.88. The van der Waals surface area contributed by atoms with Gasteiger partial charge in [0.1, 0.15) is 5.60 Å². The van der Waals surface area contributed by atoms with Crippen LogP contribution in [0.15, 0.2) is 66.7 Å². The molecule has 2 aliphatic rings. The van der Waals surface area contributed by atoms with Crippen molar-refractivity contribution in [3.63, 3.8) is 0 Å². The second kappa shape index (κ2) is 8.22. The zero-order valence-corrected chi connectivity index (χ0v) is 19.0. The normalized spacial score (nSPS) is 25.8. The van der Waals surface area contributed by atoms with Gasteiger partial charge in [-0.05, 0) is 68.0 Å². The summed E-state index contributed by atoms with van der Waals surface area (Å²) in [6, 6.07) is 22.4. The molecule has 1 N–H and O–H groups in total. The van der Waals surface area contributed by atoms with E-state index in [4.69, 9.17) is 23.2 Å². The first-order chi connectivity index (χ1) is 15.0. The second-order valence-corrected chi connectivity index (χ2v) is 9.70. The molecule has 0 spiro atoms. The summed E-state index contributed by atoms with van der Waals surface area (Å²) in [4.78, 5) is 7.22. The maximum absolute atomic E-state index is 11.7. The van der Waals surface area contributed by atoms with Crippen LogP contribution >= 0.6 is 23.2 Å². The molecule has 31 heavy (non-hydrogen) atoms. The van der Waals surface area contributed by atoms with E-state index < -0.39 is 5.60 Å². The number of halogens is 2. The fraction of sp³-hybridized carbons (Fsp3) is 0.346. The van der Waals surface area contributed by atoms with Crippen LogP contribution in [-0.2, 0) is 5.60 Å². The SMILES string of the molecule is Cc1cccc(C2(O)CC3CCC(C2)N3C(c2ccccc2Cl)c2ccccc2Cl)n1. The summed E-state index contributed by atoms with van der Waals surface area (Å²) in [7, 11) is 0. The van der Waals surface area contributed by atoms with E-state index in [1.807, 2.05) is 61.5 Å². The number of aliphatic hydroxyl groups is 1. The summed E-state index contributed by atoms with van der Waals surface area (Å²) in [5.74, 6) is 0. The first kappa shape index (κ1) is 21.0. The highest BCUT2D eigenvalue weighted by molar-refractivity contribution is 6.32. The first-order valence-electron chi connectivity index (χ1n) is 10.9. The third-order valence-corrected chi connectivity index (χ3v) is 7.57. The number of aromatic nitrogens is 1. The van der Waals surface area contributed by atoms with Gasteiger partial charge in [0, 0.05) is 27.8 Å². The molecule has 3 nitrogen and oxygen atoms in total. The molecule has 2 saturated heterocycles. The van der Waals surface area contributed by atoms with Gasteiger partial charge in [-0.3, -0.25) is 9.88 Å². The van der Waals surface area contributed by atoms with E-state index in [1.165, 1.54) is 0 Å². The van der Waals surface area contributed by atoms with Gasteiger partial charge in [-0.25, -0.2) is 0 Å². The minimum atomic E-state index is -0.903. The number of nitrogens with zero attached hydrogens (tertiary/aromatic N) is 2. The molecule has 2 aliphatic heterocycles. The van der Waals surface area contributed by atoms with Gasteiger partial charge in [0.15, 0.2) is 0 Å². The highest BCUT2D eigenvalue weighted by Crippen LogP contribution is 2.51. The molecule has 1 aromatic heterocycles. The molecule has 0 amide bonds. The minimum absolute atomic E-state index is 0.0464. The lowest BCUT2D eigenvalue weighted by atomic mass is 9.81. The van der Waals surface area contributed by atoms with Crippen LogP contribution in [0, 0.1) is 6.92 Å². The molecular formula is C26H26Cl2N2O. The standard InChI is InChI=1S/C26H26Cl2N2O/c1-17-7-6-12-24(29-17)26(31)15-18-13-14-19(16-26)30(18)25(20-8-2-4-10-22(20)27)21-9-3-5-11-23(21)28/h2-12,18-19,25,31H,13-16H2,1H3. The number of benzene rings is 2. The summed E-state index contributed by atoms with van der Waals surface area (Å²) < 4.78 is 0. The van der Waals surface area contributed by atoms with E-state index in [2.05, 4.69) is 22.0 Å². The number of aryl methyl sites for hydroxylation is 1. The van der Waals surface area contributed by atoms with Gasteiger partial charge in [0.25, 0.3) is 0 Å². The van der Waals surface area contributed by atoms with E-state index in [-0.39, 0.29) is 18.1 Å². The molecule has 160 valence electrons. The summed E-state index contributed by atoms with van der Waals surface area (Å²) in [6.07, 6.45) is 3.41. The average Bonchev–Trinajstić information content (AvgIpc) is 3.02. The predicted molar refractivity (Wildman–Crippen MR) is 126 cm³/mol. The molecule has 2 fully saturated rings. The van der Waals surface area contributed by atoms with Gasteiger partial charge in [-0.15, -0.1) is 0 Å². The number of hydrogen-bond acceptors (Lipinski definition) is 3. The fourth-order valence-corrected chi connectivity index (χ4v) is 6.05. The number of fused-ring (bicyclic) bond motifs is 2. The highest BCUT2D eigenvalue weighted by atomic mass is 35.5. The molecule has 2 unspecified atom stereocenters. The van der Waals surface area contributed by atoms with E-state index in [1.54, 1.807) is 0 Å². The Morgan fingerprint density at radius 2 is 1.42 bits per heavy atom. The van der Waals surface area contributed by atoms with Crippen molar-refractivity contribution in [3.8, 4) is 0 Å². The van der Waals surface area contributed by atoms with Crippen LogP contribution < -0.4 is 0 Å². The third kappa shape index (κ3) is 3.78. The molecule has 0 saturated carbocycles. The number of rotatable bonds is 4. The van der Waals surface area contributed by atoms with Crippen molar-refractivity contribution in [1.29, 1.82) is 0 Å². The molecule has 3 heterocycles. The molecule has 2 bridgehead atoms. The Kier molecular flexibility index (Phi) is 5.56. The zero-order chi connectivity index (χ0) is 21.6. The van der Waals surface area contributed by atoms with Crippen LogP contribution in [0.3, 0.4) is 0 Å². The lowest BCUT2D eigenvalue weighted by Gasteiger charge is -2.47. The lowest BCUT2D eigenvalue weighted by molar-refractivity contribution is -0.0684. The Morgan fingerprint density at radius 1 is 0.871 bits per heavy atom. The number of hydrogen-bond donors (Lipinski definition) is 1. The number of pyridine rings is 1. The Bertz CT molecular complexity index is 1040. The summed E-state index contributed by atoms with van der Waals surface area (Å²) >= 11 is 13.4. The summed E-state index contributed by atoms with van der Waals surface area (Å²) in [6.45, 7) is 1.97. The van der Waals surface area contributed by atoms with Gasteiger partial charge in [0.2, 0.25) is 0 Å². The molecular weight excluding hydrogens is 427 g/mol. The van der Waals surface area contributed by atoms with E-state index in [0.717, 1.165) is 45.4 Å². The molecule has 2 aromatic carbocycles. The van der Waals surface area contributed by atoms with Crippen molar-refractivity contribution in [2.75, 3.05) is 0 Å². The van der Waals surface area contributed by atoms with Crippen molar-refractivity contribution in [3.05, 3.63) is 99.3 Å². The minimum Gasteiger partial charge on any atom is -0.383 e. The quantitative estimate of drug-likeness (QED) is 0.504. The van der Waals surface area contributed by atoms with Crippen LogP contribution in [0.5, 0.6) is 0 Å². The third-order valence-electron chi connectivity index (χ3n) is 6.89. The van der Waals surface area contributed by atoms with Crippen LogP contribution in [0.25, 0.3) is 0 Å². The van der Waals surface area contributed by atoms with Crippen molar-refractivity contribution in [2.45, 2.75) is 56.3 Å². The molecule has 3 aromatic rings. The Labute approximate surface area is 193 Å². The fourth-order valence-electron chi connectivity index (χ4n) is 5.57. The van der Waals surface area contributed by atoms with Crippen LogP contribution in [0.2, 0.25) is 10.0 Å². The van der Waals surface area contributed by atoms with Crippen LogP contribution in [-0.4, -0.2) is 27.1 Å². The highest BCUT2D eigenvalue weighted by Gasteiger charge is 2.51. The molecule has 0 aliphatic carbocycles. The molecule has 5 heteroatoms. The van der Waals surface area contributed by atoms with Gasteiger partial charge >= 0.3 is 0 Å². The Hall–Kier alpha value is -1.91. The van der Waals surface area contributed by atoms with Gasteiger partial charge in [-0.1, -0.05) is 65.7 Å². The number of piperidine rings is 1. The van der Waals surface area contributed by atoms with Crippen LogP contribution in [0.4, 0.5) is 0 Å². The molecule has 5 rings (SSSR count). The monoisotopic (exact) mass is 452 g/mol. The van der Waals surface area contributed by atoms with Crippen LogP contribution in [0.1, 0.15) is 54.2 Å². The summed E-state index contributed by atoms with van der Waals surface area (Å²) in [5, 5.41) is 13.1. The molecule has 0 radical (unpaired) electrons. The lowest BCUT2D eigenvalue weighted by Crippen LogP contribution is -2.51. The predicted octanol–water partition coefficient (Wildman–Crippen LogP) is 6.30. The zero-order valence-electron chi connectivity index (χ0n) is 17.5. The first-order valence-corrected chi connectivity index (χ1v) is 11.6. The summed E-state index contributed by atoms with van der Waals surface area (Å²) in [5.41, 5.74) is 2.95. The van der Waals surface area contributed by atoms with Gasteiger partial charge in [-0.2, -0.15) is 0 Å². The van der Waals surface area contributed by atoms with Gasteiger partial charge < -0.3 is 5.11 Å². The van der Waals surface area contributed by atoms with Crippen molar-refractivity contribution >= 4 is 23.2 Å². The topological polar surface area (TPSA) is 36.4 Å². The maximum atomic E-state index is 11.7. The Balaban J connectivity index is 1.56. The Morgan fingerprint density at radius 3 is 1.94 bits per heavy atom. The van der Waals surface area contributed by atoms with Gasteiger partial charge in [0.05, 0.1) is 11.7 Å². The smallest absolute Gasteiger partial charge is 0.109 e. The van der Waals surface area contributed by atoms with Crippen molar-refractivity contribution < 1.29 is 5.11 Å². The van der Waals surface area contributed by atoms with E-state index in [9.17, 15) is 5.11 Å². The van der Waals surface area contributed by atoms with Crippen molar-refractivity contribution in [1.82, 2.24) is 9.88 Å². The molecule has 2 atom stereocenters. The van der Waals surface area contributed by atoms with E-state index in [0.29, 0.717) is 12.8 Å². The average molecular weight is 453 g/mol. The van der Waals surface area contributed by atoms with Crippen molar-refractivity contribution in [2.24, 2.45) is 0 Å². The van der Waals surface area contributed by atoms with E-state index >= 15 is 0 Å².